The summed E-state index contributed by atoms with van der Waals surface area (Å²) >= 11 is 6.08. The number of benzene rings is 1. The van der Waals surface area contributed by atoms with Gasteiger partial charge < -0.3 is 0 Å². The van der Waals surface area contributed by atoms with Crippen molar-refractivity contribution in [2.45, 2.75) is 13.3 Å². The van der Waals surface area contributed by atoms with Gasteiger partial charge in [-0.25, -0.2) is 10.4 Å². The fourth-order valence-corrected chi connectivity index (χ4v) is 1.90. The number of aryl methyl sites for hydroxylation is 1. The number of aromatic nitrogens is 1. The molecule has 1 amide bonds. The number of fused-ring (bicyclic) bond motifs is 1. The molecule has 5 nitrogen and oxygen atoms in total. The van der Waals surface area contributed by atoms with Crippen LogP contribution in [0.1, 0.15) is 17.5 Å². The first-order valence-electron chi connectivity index (χ1n) is 5.86. The second-order valence-corrected chi connectivity index (χ2v) is 4.50. The molecule has 1 aromatic heterocycles. The highest BCUT2D eigenvalue weighted by atomic mass is 35.5. The molecule has 0 unspecified atom stereocenters. The highest BCUT2D eigenvalue weighted by Crippen LogP contribution is 2.21. The van der Waals surface area contributed by atoms with E-state index in [1.54, 1.807) is 6.07 Å². The van der Waals surface area contributed by atoms with E-state index in [9.17, 15) is 4.79 Å². The van der Waals surface area contributed by atoms with Crippen LogP contribution in [0.4, 0.5) is 0 Å². The summed E-state index contributed by atoms with van der Waals surface area (Å²) in [5, 5.41) is 13.4. The third-order valence-electron chi connectivity index (χ3n) is 2.66. The number of hydrogen-bond donors (Lipinski definition) is 1. The maximum Gasteiger partial charge on any atom is 0.254 e. The topological polar surface area (TPSA) is 78.1 Å². The monoisotopic (exact) mass is 286 g/mol. The largest absolute Gasteiger partial charge is 0.272 e. The van der Waals surface area contributed by atoms with E-state index in [1.807, 2.05) is 31.2 Å². The molecular weight excluding hydrogens is 276 g/mol. The van der Waals surface area contributed by atoms with Gasteiger partial charge in [-0.15, -0.1) is 0 Å². The first-order chi connectivity index (χ1) is 9.61. The van der Waals surface area contributed by atoms with Gasteiger partial charge in [0.15, 0.2) is 0 Å². The van der Waals surface area contributed by atoms with Gasteiger partial charge in [0.25, 0.3) is 5.91 Å². The van der Waals surface area contributed by atoms with Crippen LogP contribution < -0.4 is 5.43 Å². The van der Waals surface area contributed by atoms with Gasteiger partial charge in [-0.05, 0) is 18.6 Å². The number of nitrogens with zero attached hydrogens (tertiary/aromatic N) is 3. The fourth-order valence-electron chi connectivity index (χ4n) is 1.72. The summed E-state index contributed by atoms with van der Waals surface area (Å²) in [5.41, 5.74) is 4.71. The number of halogens is 1. The van der Waals surface area contributed by atoms with E-state index in [-0.39, 0.29) is 6.42 Å². The second-order valence-electron chi connectivity index (χ2n) is 4.14. The van der Waals surface area contributed by atoms with Crippen molar-refractivity contribution < 1.29 is 4.79 Å². The zero-order valence-electron chi connectivity index (χ0n) is 10.7. The van der Waals surface area contributed by atoms with E-state index in [0.29, 0.717) is 10.7 Å². The third-order valence-corrected chi connectivity index (χ3v) is 2.96. The number of hydrazone groups is 1. The molecule has 0 saturated carbocycles. The lowest BCUT2D eigenvalue weighted by Crippen LogP contribution is -2.16. The van der Waals surface area contributed by atoms with Gasteiger partial charge in [-0.2, -0.15) is 10.4 Å². The first-order valence-corrected chi connectivity index (χ1v) is 6.24. The quantitative estimate of drug-likeness (QED) is 0.535. The predicted octanol–water partition coefficient (Wildman–Crippen LogP) is 2.56. The fraction of sp³-hybridized carbons (Fsp3) is 0.143. The number of hydrogen-bond acceptors (Lipinski definition) is 4. The van der Waals surface area contributed by atoms with Gasteiger partial charge in [-0.3, -0.25) is 4.79 Å². The smallest absolute Gasteiger partial charge is 0.254 e. The van der Waals surface area contributed by atoms with Gasteiger partial charge in [0.2, 0.25) is 0 Å². The number of para-hydroxylation sites is 1. The molecule has 0 radical (unpaired) electrons. The zero-order chi connectivity index (χ0) is 14.5. The summed E-state index contributed by atoms with van der Waals surface area (Å²) in [6, 6.07) is 9.40. The van der Waals surface area contributed by atoms with Crippen LogP contribution in [0.2, 0.25) is 5.15 Å². The summed E-state index contributed by atoms with van der Waals surface area (Å²) in [6.07, 6.45) is 1.17. The van der Waals surface area contributed by atoms with Gasteiger partial charge in [0.05, 0.1) is 17.8 Å². The van der Waals surface area contributed by atoms with E-state index in [4.69, 9.17) is 16.9 Å². The normalized spacial score (nSPS) is 10.7. The highest BCUT2D eigenvalue weighted by Gasteiger charge is 2.05. The molecule has 2 aromatic rings. The minimum Gasteiger partial charge on any atom is -0.272 e. The van der Waals surface area contributed by atoms with Crippen LogP contribution in [-0.4, -0.2) is 17.1 Å². The van der Waals surface area contributed by atoms with Crippen molar-refractivity contribution in [3.8, 4) is 6.07 Å². The van der Waals surface area contributed by atoms with E-state index in [1.165, 1.54) is 6.21 Å². The molecule has 0 aliphatic carbocycles. The summed E-state index contributed by atoms with van der Waals surface area (Å²) in [7, 11) is 0. The third kappa shape index (κ3) is 3.11. The number of carbonyl (C=O) groups is 1. The standard InChI is InChI=1S/C14H11ClN4O/c1-9-3-2-4-10-7-11(14(15)18-13(9)10)8-17-19-12(20)5-6-16/h2-4,7-8H,5H2,1H3,(H,19,20). The van der Waals surface area contributed by atoms with Gasteiger partial charge >= 0.3 is 0 Å². The molecule has 0 fully saturated rings. The number of rotatable bonds is 3. The molecule has 1 heterocycles. The Morgan fingerprint density at radius 1 is 1.60 bits per heavy atom. The predicted molar refractivity (Wildman–Crippen MR) is 77.5 cm³/mol. The Morgan fingerprint density at radius 3 is 3.15 bits per heavy atom. The SMILES string of the molecule is Cc1cccc2cc(C=NNC(=O)CC#N)c(Cl)nc12. The Kier molecular flexibility index (Phi) is 4.28. The van der Waals surface area contributed by atoms with E-state index in [0.717, 1.165) is 16.5 Å². The van der Waals surface area contributed by atoms with Gasteiger partial charge in [-0.1, -0.05) is 29.8 Å². The Morgan fingerprint density at radius 2 is 2.40 bits per heavy atom. The van der Waals surface area contributed by atoms with Crippen LogP contribution in [0.3, 0.4) is 0 Å². The summed E-state index contributed by atoms with van der Waals surface area (Å²) in [6.45, 7) is 1.96. The minimum atomic E-state index is -0.468. The summed E-state index contributed by atoms with van der Waals surface area (Å²) in [5.74, 6) is -0.468. The van der Waals surface area contributed by atoms with Crippen molar-refractivity contribution in [3.63, 3.8) is 0 Å². The molecule has 0 aliphatic heterocycles. The first kappa shape index (κ1) is 14.0. The Bertz CT molecular complexity index is 734. The summed E-state index contributed by atoms with van der Waals surface area (Å²) in [4.78, 5) is 15.4. The average Bonchev–Trinajstić information content (AvgIpc) is 2.41. The van der Waals surface area contributed by atoms with Crippen molar-refractivity contribution in [2.75, 3.05) is 0 Å². The molecule has 20 heavy (non-hydrogen) atoms. The van der Waals surface area contributed by atoms with Crippen molar-refractivity contribution in [1.82, 2.24) is 10.4 Å². The van der Waals surface area contributed by atoms with Crippen molar-refractivity contribution >= 4 is 34.6 Å². The minimum absolute atomic E-state index is 0.236. The zero-order valence-corrected chi connectivity index (χ0v) is 11.5. The molecule has 1 N–H and O–H groups in total. The molecule has 0 aliphatic rings. The second kappa shape index (κ2) is 6.13. The molecule has 0 atom stereocenters. The molecule has 0 saturated heterocycles. The number of amides is 1. The maximum atomic E-state index is 11.1. The van der Waals surface area contributed by atoms with E-state index >= 15 is 0 Å². The van der Waals surface area contributed by atoms with E-state index in [2.05, 4.69) is 15.5 Å². The van der Waals surface area contributed by atoms with Crippen molar-refractivity contribution in [2.24, 2.45) is 5.10 Å². The van der Waals surface area contributed by atoms with Crippen LogP contribution >= 0.6 is 11.6 Å². The molecule has 100 valence electrons. The lowest BCUT2D eigenvalue weighted by atomic mass is 10.1. The van der Waals surface area contributed by atoms with Crippen LogP contribution in [0.15, 0.2) is 29.4 Å². The number of carbonyl (C=O) groups excluding carboxylic acids is 1. The van der Waals surface area contributed by atoms with Crippen LogP contribution in [0.5, 0.6) is 0 Å². The highest BCUT2D eigenvalue weighted by molar-refractivity contribution is 6.32. The van der Waals surface area contributed by atoms with Crippen molar-refractivity contribution in [1.29, 1.82) is 5.26 Å². The lowest BCUT2D eigenvalue weighted by molar-refractivity contribution is -0.120. The van der Waals surface area contributed by atoms with Gasteiger partial charge in [0.1, 0.15) is 11.6 Å². The molecule has 1 aromatic carbocycles. The van der Waals surface area contributed by atoms with Crippen LogP contribution in [0, 0.1) is 18.3 Å². The average molecular weight is 287 g/mol. The number of pyridine rings is 1. The number of nitriles is 1. The molecule has 0 spiro atoms. The molecule has 0 bridgehead atoms. The van der Waals surface area contributed by atoms with Crippen LogP contribution in [-0.2, 0) is 4.79 Å². The maximum absolute atomic E-state index is 11.1. The van der Waals surface area contributed by atoms with Gasteiger partial charge in [0, 0.05) is 10.9 Å². The Hall–Kier alpha value is -2.45. The van der Waals surface area contributed by atoms with Crippen molar-refractivity contribution in [3.05, 3.63) is 40.5 Å². The summed E-state index contributed by atoms with van der Waals surface area (Å²) < 4.78 is 0. The lowest BCUT2D eigenvalue weighted by Gasteiger charge is -2.04. The molecule has 6 heteroatoms. The Balaban J connectivity index is 2.27. The Labute approximate surface area is 120 Å². The molecular formula is C14H11ClN4O. The number of nitrogens with one attached hydrogen (secondary N) is 1. The van der Waals surface area contributed by atoms with E-state index < -0.39 is 5.91 Å². The molecule has 2 rings (SSSR count). The van der Waals surface area contributed by atoms with Crippen LogP contribution in [0.25, 0.3) is 10.9 Å².